The molecule has 1 fully saturated rings. The summed E-state index contributed by atoms with van der Waals surface area (Å²) in [5.41, 5.74) is 4.55. The molecular formula is C20H26N6O. The van der Waals surface area contributed by atoms with E-state index in [2.05, 4.69) is 41.3 Å². The number of piperidine rings is 1. The van der Waals surface area contributed by atoms with Crippen molar-refractivity contribution >= 4 is 16.9 Å². The molecular weight excluding hydrogens is 340 g/mol. The van der Waals surface area contributed by atoms with Crippen LogP contribution in [0.25, 0.3) is 11.0 Å². The van der Waals surface area contributed by atoms with Crippen molar-refractivity contribution < 1.29 is 4.79 Å². The maximum absolute atomic E-state index is 12.7. The first-order chi connectivity index (χ1) is 12.9. The Hall–Kier alpha value is -2.70. The molecule has 1 saturated heterocycles. The summed E-state index contributed by atoms with van der Waals surface area (Å²) >= 11 is 0. The van der Waals surface area contributed by atoms with Crippen LogP contribution in [0.1, 0.15) is 66.1 Å². The molecule has 0 saturated carbocycles. The summed E-state index contributed by atoms with van der Waals surface area (Å²) in [5.74, 6) is 0.725. The van der Waals surface area contributed by atoms with E-state index < -0.39 is 0 Å². The Morgan fingerprint density at radius 2 is 2.00 bits per heavy atom. The third-order valence-corrected chi connectivity index (χ3v) is 5.53. The molecule has 0 unspecified atom stereocenters. The minimum atomic E-state index is 0.0160. The Balaban J connectivity index is 1.45. The van der Waals surface area contributed by atoms with Crippen LogP contribution in [0.3, 0.4) is 0 Å². The fourth-order valence-electron chi connectivity index (χ4n) is 3.83. The Labute approximate surface area is 158 Å². The molecule has 3 aromatic heterocycles. The van der Waals surface area contributed by atoms with Crippen molar-refractivity contribution in [2.24, 2.45) is 7.05 Å². The Morgan fingerprint density at radius 1 is 1.26 bits per heavy atom. The van der Waals surface area contributed by atoms with Gasteiger partial charge in [0.1, 0.15) is 5.69 Å². The molecule has 1 N–H and O–H groups in total. The molecule has 0 aromatic carbocycles. The average Bonchev–Trinajstić information content (AvgIpc) is 3.27. The summed E-state index contributed by atoms with van der Waals surface area (Å²) in [6.45, 7) is 7.64. The Kier molecular flexibility index (Phi) is 4.45. The standard InChI is InChI=1S/C20H26N6O/c1-12(2)17-11-18(23-22-17)20(27)26-9-7-14(8-10-26)16-6-5-15-13(3)24-25(4)19(15)21-16/h5-6,11-12,14H,7-10H2,1-4H3,(H,22,23). The zero-order valence-corrected chi connectivity index (χ0v) is 16.4. The highest BCUT2D eigenvalue weighted by Crippen LogP contribution is 2.29. The van der Waals surface area contributed by atoms with Gasteiger partial charge in [0.25, 0.3) is 5.91 Å². The molecule has 4 rings (SSSR count). The summed E-state index contributed by atoms with van der Waals surface area (Å²) in [6.07, 6.45) is 1.84. The number of carbonyl (C=O) groups excluding carboxylic acids is 1. The van der Waals surface area contributed by atoms with Gasteiger partial charge >= 0.3 is 0 Å². The normalized spacial score (nSPS) is 15.8. The summed E-state index contributed by atoms with van der Waals surface area (Å²) in [7, 11) is 1.93. The molecule has 0 radical (unpaired) electrons. The molecule has 0 bridgehead atoms. The van der Waals surface area contributed by atoms with E-state index in [1.165, 1.54) is 0 Å². The third-order valence-electron chi connectivity index (χ3n) is 5.53. The number of H-pyrrole nitrogens is 1. The van der Waals surface area contributed by atoms with Gasteiger partial charge in [-0.15, -0.1) is 0 Å². The van der Waals surface area contributed by atoms with Gasteiger partial charge in [-0.2, -0.15) is 10.2 Å². The lowest BCUT2D eigenvalue weighted by atomic mass is 9.92. The van der Waals surface area contributed by atoms with E-state index in [9.17, 15) is 4.79 Å². The second-order valence-corrected chi connectivity index (χ2v) is 7.75. The van der Waals surface area contributed by atoms with Crippen LogP contribution in [-0.4, -0.2) is 48.9 Å². The summed E-state index contributed by atoms with van der Waals surface area (Å²) in [4.78, 5) is 19.5. The lowest BCUT2D eigenvalue weighted by Gasteiger charge is -2.31. The van der Waals surface area contributed by atoms with Gasteiger partial charge in [-0.3, -0.25) is 14.6 Å². The zero-order chi connectivity index (χ0) is 19.1. The van der Waals surface area contributed by atoms with Crippen molar-refractivity contribution in [2.75, 3.05) is 13.1 Å². The van der Waals surface area contributed by atoms with E-state index in [1.54, 1.807) is 0 Å². The summed E-state index contributed by atoms with van der Waals surface area (Å²) in [5, 5.41) is 12.7. The fraction of sp³-hybridized carbons (Fsp3) is 0.500. The largest absolute Gasteiger partial charge is 0.337 e. The van der Waals surface area contributed by atoms with Crippen LogP contribution in [0.15, 0.2) is 18.2 Å². The van der Waals surface area contributed by atoms with E-state index in [1.807, 2.05) is 29.6 Å². The van der Waals surface area contributed by atoms with E-state index in [4.69, 9.17) is 4.98 Å². The maximum Gasteiger partial charge on any atom is 0.274 e. The number of pyridine rings is 1. The molecule has 1 amide bonds. The van der Waals surface area contributed by atoms with Gasteiger partial charge in [-0.1, -0.05) is 13.8 Å². The fourth-order valence-corrected chi connectivity index (χ4v) is 3.83. The van der Waals surface area contributed by atoms with Crippen LogP contribution >= 0.6 is 0 Å². The first-order valence-electron chi connectivity index (χ1n) is 9.59. The number of hydrogen-bond acceptors (Lipinski definition) is 4. The van der Waals surface area contributed by atoms with Gasteiger partial charge in [0, 0.05) is 42.8 Å². The number of amides is 1. The minimum absolute atomic E-state index is 0.0160. The van der Waals surface area contributed by atoms with Crippen molar-refractivity contribution in [3.8, 4) is 0 Å². The number of aromatic amines is 1. The predicted molar refractivity (Wildman–Crippen MR) is 104 cm³/mol. The van der Waals surface area contributed by atoms with E-state index >= 15 is 0 Å². The molecule has 7 heteroatoms. The molecule has 0 aliphatic carbocycles. The topological polar surface area (TPSA) is 79.7 Å². The van der Waals surface area contributed by atoms with Crippen LogP contribution in [0.5, 0.6) is 0 Å². The minimum Gasteiger partial charge on any atom is -0.337 e. The summed E-state index contributed by atoms with van der Waals surface area (Å²) in [6, 6.07) is 6.11. The van der Waals surface area contributed by atoms with Crippen molar-refractivity contribution in [3.05, 3.63) is 41.0 Å². The lowest BCUT2D eigenvalue weighted by molar-refractivity contribution is 0.0706. The molecule has 142 valence electrons. The summed E-state index contributed by atoms with van der Waals surface area (Å²) < 4.78 is 1.84. The second-order valence-electron chi connectivity index (χ2n) is 7.75. The molecule has 0 atom stereocenters. The average molecular weight is 366 g/mol. The lowest BCUT2D eigenvalue weighted by Crippen LogP contribution is -2.38. The van der Waals surface area contributed by atoms with Gasteiger partial charge in [0.05, 0.1) is 5.69 Å². The predicted octanol–water partition coefficient (Wildman–Crippen LogP) is 3.14. The number of aromatic nitrogens is 5. The molecule has 4 heterocycles. The number of carbonyl (C=O) groups is 1. The number of aryl methyl sites for hydroxylation is 2. The highest BCUT2D eigenvalue weighted by atomic mass is 16.2. The van der Waals surface area contributed by atoms with Gasteiger partial charge in [0.2, 0.25) is 0 Å². The second kappa shape index (κ2) is 6.79. The van der Waals surface area contributed by atoms with Gasteiger partial charge in [-0.05, 0) is 43.9 Å². The van der Waals surface area contributed by atoms with Crippen molar-refractivity contribution in [1.82, 2.24) is 29.9 Å². The van der Waals surface area contributed by atoms with E-state index in [0.29, 0.717) is 17.5 Å². The van der Waals surface area contributed by atoms with Crippen LogP contribution in [0.4, 0.5) is 0 Å². The van der Waals surface area contributed by atoms with Crippen molar-refractivity contribution in [3.63, 3.8) is 0 Å². The number of hydrogen-bond donors (Lipinski definition) is 1. The molecule has 3 aromatic rings. The van der Waals surface area contributed by atoms with E-state index in [0.717, 1.165) is 54.0 Å². The monoisotopic (exact) mass is 366 g/mol. The molecule has 7 nitrogen and oxygen atoms in total. The first-order valence-corrected chi connectivity index (χ1v) is 9.59. The van der Waals surface area contributed by atoms with Gasteiger partial charge in [0.15, 0.2) is 5.65 Å². The number of fused-ring (bicyclic) bond motifs is 1. The maximum atomic E-state index is 12.7. The Bertz CT molecular complexity index is 978. The molecule has 1 aliphatic heterocycles. The number of nitrogens with one attached hydrogen (secondary N) is 1. The number of likely N-dealkylation sites (tertiary alicyclic amines) is 1. The van der Waals surface area contributed by atoms with Crippen LogP contribution < -0.4 is 0 Å². The highest BCUT2D eigenvalue weighted by Gasteiger charge is 2.27. The quantitative estimate of drug-likeness (QED) is 0.772. The van der Waals surface area contributed by atoms with Crippen LogP contribution in [0.2, 0.25) is 0 Å². The van der Waals surface area contributed by atoms with Gasteiger partial charge in [-0.25, -0.2) is 4.98 Å². The highest BCUT2D eigenvalue weighted by molar-refractivity contribution is 5.92. The van der Waals surface area contributed by atoms with Gasteiger partial charge < -0.3 is 4.90 Å². The molecule has 0 spiro atoms. The first kappa shape index (κ1) is 17.7. The SMILES string of the molecule is Cc1nn(C)c2nc(C3CCN(C(=O)c4cc(C(C)C)[nH]n4)CC3)ccc12. The van der Waals surface area contributed by atoms with E-state index in [-0.39, 0.29) is 5.91 Å². The van der Waals surface area contributed by atoms with Crippen LogP contribution in [-0.2, 0) is 7.05 Å². The number of rotatable bonds is 3. The Morgan fingerprint density at radius 3 is 2.67 bits per heavy atom. The third kappa shape index (κ3) is 3.22. The molecule has 1 aliphatic rings. The van der Waals surface area contributed by atoms with Crippen LogP contribution in [0, 0.1) is 6.92 Å². The number of nitrogens with zero attached hydrogens (tertiary/aromatic N) is 5. The zero-order valence-electron chi connectivity index (χ0n) is 16.4. The molecule has 27 heavy (non-hydrogen) atoms. The smallest absolute Gasteiger partial charge is 0.274 e. The van der Waals surface area contributed by atoms with Crippen molar-refractivity contribution in [2.45, 2.75) is 45.4 Å². The van der Waals surface area contributed by atoms with Crippen molar-refractivity contribution in [1.29, 1.82) is 0 Å².